The van der Waals surface area contributed by atoms with Gasteiger partial charge in [0.05, 0.1) is 0 Å². The van der Waals surface area contributed by atoms with Crippen LogP contribution in [0.1, 0.15) is 74.1 Å². The van der Waals surface area contributed by atoms with Crippen molar-refractivity contribution in [1.82, 2.24) is 0 Å². The van der Waals surface area contributed by atoms with Gasteiger partial charge in [0.15, 0.2) is 5.78 Å². The van der Waals surface area contributed by atoms with Gasteiger partial charge in [-0.3, -0.25) is 19.2 Å². The van der Waals surface area contributed by atoms with E-state index in [1.165, 1.54) is 19.9 Å². The zero-order valence-electron chi connectivity index (χ0n) is 23.3. The zero-order valence-corrected chi connectivity index (χ0v) is 23.3. The van der Waals surface area contributed by atoms with E-state index in [-0.39, 0.29) is 41.2 Å². The summed E-state index contributed by atoms with van der Waals surface area (Å²) < 4.78 is 16.7. The number of hydrogen-bond donors (Lipinski definition) is 0. The quantitative estimate of drug-likeness (QED) is 0.505. The standard InChI is InChI=1S/C30H38O8/c1-15(31)36-23-14-21-27(3,4)22(34)9-11-29(21,6)20-8-10-28(5)18(13-19(33)25(28)30(20,23)7)17-12-24(35)38-26(17)37-16(2)32/h9,11-12,18,20-21,23,25-26H,8,10,13-14H2,1-7H3/t18-,20+,21?,23+,25-,26-,28-,29+,30-/m0/s1. The van der Waals surface area contributed by atoms with Gasteiger partial charge in [0.1, 0.15) is 11.9 Å². The van der Waals surface area contributed by atoms with Crippen LogP contribution in [-0.2, 0) is 38.2 Å². The fraction of sp³-hybridized carbons (Fsp3) is 0.700. The van der Waals surface area contributed by atoms with Gasteiger partial charge in [-0.05, 0) is 48.0 Å². The van der Waals surface area contributed by atoms with Crippen LogP contribution in [0.5, 0.6) is 0 Å². The molecule has 206 valence electrons. The van der Waals surface area contributed by atoms with Crippen LogP contribution in [0, 0.1) is 45.3 Å². The van der Waals surface area contributed by atoms with E-state index in [1.807, 2.05) is 19.9 Å². The highest BCUT2D eigenvalue weighted by Crippen LogP contribution is 2.73. The zero-order chi connectivity index (χ0) is 28.0. The topological polar surface area (TPSA) is 113 Å². The molecule has 0 aromatic heterocycles. The number of cyclic esters (lactones) is 1. The number of ketones is 2. The van der Waals surface area contributed by atoms with Crippen LogP contribution in [0.25, 0.3) is 0 Å². The number of esters is 3. The molecular formula is C30H38O8. The Bertz CT molecular complexity index is 1190. The van der Waals surface area contributed by atoms with Crippen LogP contribution >= 0.6 is 0 Å². The van der Waals surface area contributed by atoms with Gasteiger partial charge in [-0.1, -0.05) is 40.7 Å². The second-order valence-corrected chi connectivity index (χ2v) is 13.3. The number of fused-ring (bicyclic) bond motifs is 5. The Kier molecular flexibility index (Phi) is 5.90. The number of allylic oxidation sites excluding steroid dienone is 2. The van der Waals surface area contributed by atoms with Gasteiger partial charge in [0.2, 0.25) is 0 Å². The van der Waals surface area contributed by atoms with Crippen molar-refractivity contribution in [3.63, 3.8) is 0 Å². The lowest BCUT2D eigenvalue weighted by molar-refractivity contribution is -0.222. The lowest BCUT2D eigenvalue weighted by atomic mass is 9.37. The van der Waals surface area contributed by atoms with E-state index < -0.39 is 52.5 Å². The monoisotopic (exact) mass is 526 g/mol. The first-order valence-corrected chi connectivity index (χ1v) is 13.6. The van der Waals surface area contributed by atoms with Crippen molar-refractivity contribution < 1.29 is 38.2 Å². The Morgan fingerprint density at radius 2 is 1.63 bits per heavy atom. The molecule has 0 aromatic rings. The van der Waals surface area contributed by atoms with Gasteiger partial charge in [-0.25, -0.2) is 4.79 Å². The Labute approximate surface area is 223 Å². The van der Waals surface area contributed by atoms with Crippen LogP contribution in [0.4, 0.5) is 0 Å². The maximum absolute atomic E-state index is 14.1. The van der Waals surface area contributed by atoms with Crippen LogP contribution < -0.4 is 0 Å². The summed E-state index contributed by atoms with van der Waals surface area (Å²) in [6.07, 6.45) is 5.56. The first-order valence-electron chi connectivity index (χ1n) is 13.6. The molecule has 1 heterocycles. The summed E-state index contributed by atoms with van der Waals surface area (Å²) >= 11 is 0. The van der Waals surface area contributed by atoms with Gasteiger partial charge in [0, 0.05) is 54.6 Å². The minimum Gasteiger partial charge on any atom is -0.462 e. The molecule has 3 fully saturated rings. The van der Waals surface area contributed by atoms with Gasteiger partial charge in [-0.2, -0.15) is 0 Å². The SMILES string of the molecule is CC(=O)O[C@H]1OC(=O)C=C1[C@@H]1CC(=O)[C@H]2[C@@]1(C)CC[C@H]1[C@@]2(C)[C@H](OC(C)=O)CC2C(C)(C)C(=O)C=C[C@@]21C. The number of ether oxygens (including phenoxy) is 3. The Morgan fingerprint density at radius 1 is 0.974 bits per heavy atom. The molecule has 9 atom stereocenters. The van der Waals surface area contributed by atoms with Gasteiger partial charge in [-0.15, -0.1) is 0 Å². The largest absolute Gasteiger partial charge is 0.462 e. The van der Waals surface area contributed by atoms with Gasteiger partial charge < -0.3 is 14.2 Å². The number of hydrogen-bond acceptors (Lipinski definition) is 8. The van der Waals surface area contributed by atoms with E-state index >= 15 is 0 Å². The summed E-state index contributed by atoms with van der Waals surface area (Å²) in [7, 11) is 0. The molecular weight excluding hydrogens is 488 g/mol. The summed E-state index contributed by atoms with van der Waals surface area (Å²) in [6.45, 7) is 12.9. The van der Waals surface area contributed by atoms with Crippen molar-refractivity contribution in [3.05, 3.63) is 23.8 Å². The van der Waals surface area contributed by atoms with E-state index in [4.69, 9.17) is 14.2 Å². The van der Waals surface area contributed by atoms with Crippen LogP contribution in [0.2, 0.25) is 0 Å². The van der Waals surface area contributed by atoms with Gasteiger partial charge in [0.25, 0.3) is 6.29 Å². The Morgan fingerprint density at radius 3 is 2.26 bits per heavy atom. The average molecular weight is 527 g/mol. The van der Waals surface area contributed by atoms with E-state index in [0.717, 1.165) is 6.42 Å². The predicted octanol–water partition coefficient (Wildman–Crippen LogP) is 4.11. The van der Waals surface area contributed by atoms with Gasteiger partial charge >= 0.3 is 17.9 Å². The third kappa shape index (κ3) is 3.51. The van der Waals surface area contributed by atoms with E-state index in [2.05, 4.69) is 20.8 Å². The summed E-state index contributed by atoms with van der Waals surface area (Å²) in [5, 5.41) is 0. The van der Waals surface area contributed by atoms with Crippen molar-refractivity contribution >= 4 is 29.5 Å². The molecule has 0 amide bonds. The van der Waals surface area contributed by atoms with E-state index in [0.29, 0.717) is 18.4 Å². The van der Waals surface area contributed by atoms with Crippen LogP contribution in [0.15, 0.2) is 23.8 Å². The van der Waals surface area contributed by atoms with Crippen LogP contribution in [-0.4, -0.2) is 41.9 Å². The first-order chi connectivity index (χ1) is 17.6. The highest BCUT2D eigenvalue weighted by Gasteiger charge is 2.73. The number of Topliss-reactive ketones (excluding diaryl/α,β-unsaturated/α-hetero) is 1. The molecule has 3 saturated carbocycles. The molecule has 0 spiro atoms. The van der Waals surface area contributed by atoms with E-state index in [9.17, 15) is 24.0 Å². The highest BCUT2D eigenvalue weighted by molar-refractivity contribution is 5.96. The minimum atomic E-state index is -1.13. The summed E-state index contributed by atoms with van der Waals surface area (Å²) in [5.41, 5.74) is -1.73. The van der Waals surface area contributed by atoms with Crippen molar-refractivity contribution in [3.8, 4) is 0 Å². The number of rotatable bonds is 3. The number of carbonyl (C=O) groups excluding carboxylic acids is 5. The van der Waals surface area contributed by atoms with Crippen molar-refractivity contribution in [2.24, 2.45) is 45.3 Å². The molecule has 4 aliphatic carbocycles. The Balaban J connectivity index is 1.62. The lowest BCUT2D eigenvalue weighted by Gasteiger charge is -2.67. The average Bonchev–Trinajstić information content (AvgIpc) is 3.28. The second kappa shape index (κ2) is 8.36. The molecule has 5 aliphatic rings. The molecule has 1 aliphatic heterocycles. The van der Waals surface area contributed by atoms with Crippen molar-refractivity contribution in [1.29, 1.82) is 0 Å². The molecule has 8 nitrogen and oxygen atoms in total. The summed E-state index contributed by atoms with van der Waals surface area (Å²) in [5.74, 6) is -2.31. The number of carbonyl (C=O) groups is 5. The highest BCUT2D eigenvalue weighted by atomic mass is 16.7. The molecule has 0 bridgehead atoms. The third-order valence-corrected chi connectivity index (χ3v) is 11.0. The van der Waals surface area contributed by atoms with E-state index in [1.54, 1.807) is 6.08 Å². The predicted molar refractivity (Wildman–Crippen MR) is 135 cm³/mol. The summed E-state index contributed by atoms with van der Waals surface area (Å²) in [4.78, 5) is 63.4. The normalized spacial score (nSPS) is 44.9. The maximum atomic E-state index is 14.1. The molecule has 1 unspecified atom stereocenters. The summed E-state index contributed by atoms with van der Waals surface area (Å²) in [6, 6.07) is 0. The second-order valence-electron chi connectivity index (χ2n) is 13.3. The molecule has 8 heteroatoms. The smallest absolute Gasteiger partial charge is 0.334 e. The molecule has 0 N–H and O–H groups in total. The molecule has 5 rings (SSSR count). The van der Waals surface area contributed by atoms with Crippen molar-refractivity contribution in [2.45, 2.75) is 86.5 Å². The van der Waals surface area contributed by atoms with Crippen LogP contribution in [0.3, 0.4) is 0 Å². The fourth-order valence-corrected chi connectivity index (χ4v) is 9.56. The fourth-order valence-electron chi connectivity index (χ4n) is 9.56. The first kappa shape index (κ1) is 26.8. The molecule has 0 aromatic carbocycles. The lowest BCUT2D eigenvalue weighted by Crippen LogP contribution is -2.67. The Hall–Kier alpha value is -2.77. The third-order valence-electron chi connectivity index (χ3n) is 11.0. The molecule has 38 heavy (non-hydrogen) atoms. The maximum Gasteiger partial charge on any atom is 0.334 e. The molecule has 0 radical (unpaired) electrons. The molecule has 0 saturated heterocycles. The minimum absolute atomic E-state index is 0.0118. The van der Waals surface area contributed by atoms with Crippen molar-refractivity contribution in [2.75, 3.05) is 0 Å².